The van der Waals surface area contributed by atoms with E-state index in [1.54, 1.807) is 6.08 Å². The van der Waals surface area contributed by atoms with Crippen molar-refractivity contribution in [2.24, 2.45) is 5.92 Å². The molecule has 0 spiro atoms. The summed E-state index contributed by atoms with van der Waals surface area (Å²) in [7, 11) is 0. The van der Waals surface area contributed by atoms with Gasteiger partial charge in [0.05, 0.1) is 0 Å². The predicted molar refractivity (Wildman–Crippen MR) is 68.7 cm³/mol. The number of aliphatic hydroxyl groups excluding tert-OH is 1. The van der Waals surface area contributed by atoms with Gasteiger partial charge >= 0.3 is 0 Å². The molecule has 1 aliphatic rings. The zero-order valence-corrected chi connectivity index (χ0v) is 10.9. The first kappa shape index (κ1) is 14.2. The molecule has 4 heteroatoms. The highest BCUT2D eigenvalue weighted by Crippen LogP contribution is 2.14. The summed E-state index contributed by atoms with van der Waals surface area (Å²) in [5.74, 6) is 0.401. The molecule has 2 N–H and O–H groups in total. The first-order valence-corrected chi connectivity index (χ1v) is 6.37. The molecule has 1 atom stereocenters. The molecule has 1 fully saturated rings. The highest BCUT2D eigenvalue weighted by Gasteiger charge is 2.18. The van der Waals surface area contributed by atoms with Gasteiger partial charge in [-0.1, -0.05) is 5.57 Å². The van der Waals surface area contributed by atoms with Gasteiger partial charge in [-0.15, -0.1) is 0 Å². The van der Waals surface area contributed by atoms with Crippen LogP contribution in [0.4, 0.5) is 0 Å². The van der Waals surface area contributed by atoms with Crippen LogP contribution in [0.5, 0.6) is 0 Å². The summed E-state index contributed by atoms with van der Waals surface area (Å²) in [5.41, 5.74) is 1.01. The number of carbonyl (C=O) groups is 1. The summed E-state index contributed by atoms with van der Waals surface area (Å²) in [6.45, 7) is 7.69. The van der Waals surface area contributed by atoms with E-state index < -0.39 is 0 Å². The monoisotopic (exact) mass is 240 g/mol. The van der Waals surface area contributed by atoms with Crippen LogP contribution in [0.15, 0.2) is 11.6 Å². The Hall–Kier alpha value is -0.870. The van der Waals surface area contributed by atoms with Crippen molar-refractivity contribution in [1.82, 2.24) is 10.2 Å². The molecule has 0 aliphatic carbocycles. The molecule has 17 heavy (non-hydrogen) atoms. The van der Waals surface area contributed by atoms with Gasteiger partial charge in [0, 0.05) is 32.3 Å². The van der Waals surface area contributed by atoms with Gasteiger partial charge < -0.3 is 15.3 Å². The van der Waals surface area contributed by atoms with E-state index in [9.17, 15) is 4.79 Å². The number of amides is 1. The van der Waals surface area contributed by atoms with Crippen LogP contribution in [0.2, 0.25) is 0 Å². The average molecular weight is 240 g/mol. The average Bonchev–Trinajstić information content (AvgIpc) is 2.28. The lowest BCUT2D eigenvalue weighted by molar-refractivity contribution is -0.116. The number of piperidine rings is 1. The third kappa shape index (κ3) is 5.84. The summed E-state index contributed by atoms with van der Waals surface area (Å²) in [6.07, 6.45) is 3.89. The van der Waals surface area contributed by atoms with E-state index in [0.29, 0.717) is 12.5 Å². The van der Waals surface area contributed by atoms with E-state index in [1.807, 2.05) is 13.8 Å². The number of nitrogens with zero attached hydrogens (tertiary/aromatic N) is 1. The number of carbonyl (C=O) groups excluding carboxylic acids is 1. The van der Waals surface area contributed by atoms with Crippen LogP contribution in [0.25, 0.3) is 0 Å². The van der Waals surface area contributed by atoms with E-state index in [2.05, 4.69) is 10.2 Å². The van der Waals surface area contributed by atoms with Crippen LogP contribution >= 0.6 is 0 Å². The number of nitrogens with one attached hydrogen (secondary N) is 1. The van der Waals surface area contributed by atoms with Gasteiger partial charge in [-0.25, -0.2) is 0 Å². The minimum absolute atomic E-state index is 0.0132. The maximum atomic E-state index is 11.4. The van der Waals surface area contributed by atoms with E-state index >= 15 is 0 Å². The SMILES string of the molecule is CC(C)=CC(=O)NCCN1CCC[C@H](CO)C1. The van der Waals surface area contributed by atoms with Gasteiger partial charge in [-0.05, 0) is 39.2 Å². The molecule has 4 nitrogen and oxygen atoms in total. The minimum Gasteiger partial charge on any atom is -0.396 e. The molecule has 0 bridgehead atoms. The fourth-order valence-corrected chi connectivity index (χ4v) is 2.15. The van der Waals surface area contributed by atoms with Gasteiger partial charge in [0.2, 0.25) is 5.91 Å². The Morgan fingerprint density at radius 3 is 2.94 bits per heavy atom. The highest BCUT2D eigenvalue weighted by molar-refractivity contribution is 5.87. The molecule has 0 aromatic heterocycles. The molecule has 0 radical (unpaired) electrons. The first-order chi connectivity index (χ1) is 8.11. The van der Waals surface area contributed by atoms with E-state index in [-0.39, 0.29) is 12.5 Å². The van der Waals surface area contributed by atoms with Crippen LogP contribution in [-0.4, -0.2) is 48.7 Å². The lowest BCUT2D eigenvalue weighted by Crippen LogP contribution is -2.41. The van der Waals surface area contributed by atoms with Crippen LogP contribution in [-0.2, 0) is 4.79 Å². The molecule has 1 heterocycles. The number of hydrogen-bond donors (Lipinski definition) is 2. The zero-order valence-electron chi connectivity index (χ0n) is 10.9. The Bertz CT molecular complexity index is 273. The van der Waals surface area contributed by atoms with Crippen molar-refractivity contribution in [3.05, 3.63) is 11.6 Å². The third-order valence-corrected chi connectivity index (χ3v) is 3.01. The molecule has 1 amide bonds. The number of likely N-dealkylation sites (tertiary alicyclic amines) is 1. The summed E-state index contributed by atoms with van der Waals surface area (Å²) in [6, 6.07) is 0. The highest BCUT2D eigenvalue weighted by atomic mass is 16.3. The Balaban J connectivity index is 2.18. The van der Waals surface area contributed by atoms with Crippen molar-refractivity contribution >= 4 is 5.91 Å². The summed E-state index contributed by atoms with van der Waals surface area (Å²) in [4.78, 5) is 13.7. The van der Waals surface area contributed by atoms with Crippen molar-refractivity contribution in [2.45, 2.75) is 26.7 Å². The largest absolute Gasteiger partial charge is 0.396 e. The van der Waals surface area contributed by atoms with Crippen LogP contribution in [0, 0.1) is 5.92 Å². The molecular weight excluding hydrogens is 216 g/mol. The second kappa shape index (κ2) is 7.45. The quantitative estimate of drug-likeness (QED) is 0.698. The van der Waals surface area contributed by atoms with Gasteiger partial charge in [-0.3, -0.25) is 4.79 Å². The van der Waals surface area contributed by atoms with Crippen LogP contribution in [0.1, 0.15) is 26.7 Å². The molecule has 1 saturated heterocycles. The van der Waals surface area contributed by atoms with Crippen LogP contribution < -0.4 is 5.32 Å². The van der Waals surface area contributed by atoms with Crippen molar-refractivity contribution in [3.63, 3.8) is 0 Å². The fourth-order valence-electron chi connectivity index (χ4n) is 2.15. The number of aliphatic hydroxyl groups is 1. The first-order valence-electron chi connectivity index (χ1n) is 6.37. The minimum atomic E-state index is -0.0132. The Morgan fingerprint density at radius 1 is 1.53 bits per heavy atom. The zero-order chi connectivity index (χ0) is 12.7. The Kier molecular flexibility index (Phi) is 6.22. The topological polar surface area (TPSA) is 52.6 Å². The Labute approximate surface area is 104 Å². The molecular formula is C13H24N2O2. The summed E-state index contributed by atoms with van der Waals surface area (Å²) < 4.78 is 0. The number of rotatable bonds is 5. The van der Waals surface area contributed by atoms with Gasteiger partial charge in [0.25, 0.3) is 0 Å². The number of hydrogen-bond acceptors (Lipinski definition) is 3. The predicted octanol–water partition coefficient (Wildman–Crippen LogP) is 0.773. The van der Waals surface area contributed by atoms with E-state index in [1.165, 1.54) is 0 Å². The van der Waals surface area contributed by atoms with E-state index in [4.69, 9.17) is 5.11 Å². The normalized spacial score (nSPS) is 21.0. The number of allylic oxidation sites excluding steroid dienone is 1. The van der Waals surface area contributed by atoms with Crippen LogP contribution in [0.3, 0.4) is 0 Å². The molecule has 0 saturated carbocycles. The summed E-state index contributed by atoms with van der Waals surface area (Å²) in [5, 5.41) is 12.0. The molecule has 98 valence electrons. The van der Waals surface area contributed by atoms with Crippen molar-refractivity contribution < 1.29 is 9.90 Å². The molecule has 0 aromatic carbocycles. The smallest absolute Gasteiger partial charge is 0.243 e. The maximum Gasteiger partial charge on any atom is 0.243 e. The Morgan fingerprint density at radius 2 is 2.29 bits per heavy atom. The van der Waals surface area contributed by atoms with Crippen molar-refractivity contribution in [3.8, 4) is 0 Å². The van der Waals surface area contributed by atoms with Gasteiger partial charge in [-0.2, -0.15) is 0 Å². The summed E-state index contributed by atoms with van der Waals surface area (Å²) >= 11 is 0. The van der Waals surface area contributed by atoms with Gasteiger partial charge in [0.15, 0.2) is 0 Å². The standard InChI is InChI=1S/C13H24N2O2/c1-11(2)8-13(17)14-5-7-15-6-3-4-12(9-15)10-16/h8,12,16H,3-7,9-10H2,1-2H3,(H,14,17)/t12-/m0/s1. The van der Waals surface area contributed by atoms with E-state index in [0.717, 1.165) is 38.0 Å². The van der Waals surface area contributed by atoms with Gasteiger partial charge in [0.1, 0.15) is 0 Å². The fraction of sp³-hybridized carbons (Fsp3) is 0.769. The maximum absolute atomic E-state index is 11.4. The third-order valence-electron chi connectivity index (χ3n) is 3.01. The molecule has 0 aromatic rings. The second-order valence-corrected chi connectivity index (χ2v) is 5.00. The molecule has 1 rings (SSSR count). The lowest BCUT2D eigenvalue weighted by Gasteiger charge is -2.31. The molecule has 0 unspecified atom stereocenters. The van der Waals surface area contributed by atoms with Crippen molar-refractivity contribution in [1.29, 1.82) is 0 Å². The van der Waals surface area contributed by atoms with Crippen molar-refractivity contribution in [2.75, 3.05) is 32.8 Å². The second-order valence-electron chi connectivity index (χ2n) is 5.00. The molecule has 1 aliphatic heterocycles. The lowest BCUT2D eigenvalue weighted by atomic mass is 9.99.